The number of aromatic nitrogens is 2. The van der Waals surface area contributed by atoms with Crippen LogP contribution in [0.1, 0.15) is 32.0 Å². The van der Waals surface area contributed by atoms with Crippen molar-refractivity contribution in [2.24, 2.45) is 7.05 Å². The molecular formula is C16H23F3N4O4. The molecule has 1 atom stereocenters. The Hall–Kier alpha value is -2.30. The lowest BCUT2D eigenvalue weighted by Gasteiger charge is -2.33. The predicted octanol–water partition coefficient (Wildman–Crippen LogP) is 1.30. The van der Waals surface area contributed by atoms with Crippen LogP contribution in [0.15, 0.2) is 12.4 Å². The summed E-state index contributed by atoms with van der Waals surface area (Å²) in [6.45, 7) is 2.59. The van der Waals surface area contributed by atoms with Crippen molar-refractivity contribution >= 4 is 12.0 Å². The normalized spacial score (nSPS) is 18.1. The second-order valence-electron chi connectivity index (χ2n) is 6.42. The second-order valence-corrected chi connectivity index (χ2v) is 6.42. The number of hydrogen-bond donors (Lipinski definition) is 2. The van der Waals surface area contributed by atoms with E-state index in [1.54, 1.807) is 6.92 Å². The maximum atomic E-state index is 13.5. The van der Waals surface area contributed by atoms with Crippen molar-refractivity contribution < 1.29 is 32.6 Å². The van der Waals surface area contributed by atoms with Crippen molar-refractivity contribution in [2.75, 3.05) is 19.7 Å². The van der Waals surface area contributed by atoms with Crippen LogP contribution in [0.2, 0.25) is 0 Å². The Morgan fingerprint density at radius 3 is 2.48 bits per heavy atom. The first-order valence-corrected chi connectivity index (χ1v) is 8.56. The number of ether oxygens (including phenoxy) is 1. The Morgan fingerprint density at radius 1 is 1.37 bits per heavy atom. The number of likely N-dealkylation sites (tertiary alicyclic amines) is 1. The average molecular weight is 392 g/mol. The zero-order chi connectivity index (χ0) is 20.2. The summed E-state index contributed by atoms with van der Waals surface area (Å²) in [5, 5.41) is 12.7. The molecule has 0 bridgehead atoms. The van der Waals surface area contributed by atoms with E-state index in [2.05, 4.69) is 10.3 Å². The molecule has 27 heavy (non-hydrogen) atoms. The summed E-state index contributed by atoms with van der Waals surface area (Å²) < 4.78 is 46.3. The molecule has 1 saturated heterocycles. The molecule has 2 amide bonds. The second kappa shape index (κ2) is 8.15. The first-order valence-electron chi connectivity index (χ1n) is 8.56. The topological polar surface area (TPSA) is 96.7 Å². The van der Waals surface area contributed by atoms with Crippen LogP contribution in [-0.2, 0) is 22.2 Å². The molecule has 2 heterocycles. The summed E-state index contributed by atoms with van der Waals surface area (Å²) in [5.41, 5.74) is -3.39. The number of amides is 2. The average Bonchev–Trinajstić information content (AvgIpc) is 3.01. The number of carbonyl (C=O) groups excluding carboxylic acids is 2. The van der Waals surface area contributed by atoms with E-state index in [4.69, 9.17) is 4.74 Å². The van der Waals surface area contributed by atoms with Crippen LogP contribution in [0, 0.1) is 0 Å². The van der Waals surface area contributed by atoms with E-state index in [-0.39, 0.29) is 12.6 Å². The van der Waals surface area contributed by atoms with Gasteiger partial charge in [0.1, 0.15) is 0 Å². The van der Waals surface area contributed by atoms with Gasteiger partial charge in [-0.15, -0.1) is 0 Å². The van der Waals surface area contributed by atoms with Gasteiger partial charge in [0.05, 0.1) is 13.0 Å². The first-order chi connectivity index (χ1) is 12.6. The van der Waals surface area contributed by atoms with Crippen LogP contribution in [-0.4, -0.2) is 63.5 Å². The maximum Gasteiger partial charge on any atom is 0.425 e. The standard InChI is InChI=1S/C16H23F3N4O4/c1-3-27-14(25)23-7-4-11(5-8-23)21-12(24)10-15(26,16(17,18)19)13-20-6-9-22(13)2/h6,9,11,26H,3-5,7-8,10H2,1-2H3,(H,21,24)/t15-/m1/s1. The van der Waals surface area contributed by atoms with Crippen molar-refractivity contribution in [3.63, 3.8) is 0 Å². The van der Waals surface area contributed by atoms with E-state index >= 15 is 0 Å². The summed E-state index contributed by atoms with van der Waals surface area (Å²) in [7, 11) is 1.31. The van der Waals surface area contributed by atoms with Crippen LogP contribution >= 0.6 is 0 Å². The third kappa shape index (κ3) is 4.71. The maximum absolute atomic E-state index is 13.5. The number of piperidine rings is 1. The van der Waals surface area contributed by atoms with E-state index in [1.807, 2.05) is 0 Å². The van der Waals surface area contributed by atoms with Gasteiger partial charge in [-0.3, -0.25) is 4.79 Å². The quantitative estimate of drug-likeness (QED) is 0.787. The number of aryl methyl sites for hydroxylation is 1. The number of alkyl halides is 3. The number of hydrogen-bond acceptors (Lipinski definition) is 5. The van der Waals surface area contributed by atoms with Crippen LogP contribution in [0.25, 0.3) is 0 Å². The van der Waals surface area contributed by atoms with Gasteiger partial charge in [0, 0.05) is 38.6 Å². The van der Waals surface area contributed by atoms with E-state index in [0.29, 0.717) is 25.9 Å². The highest BCUT2D eigenvalue weighted by atomic mass is 19.4. The lowest BCUT2D eigenvalue weighted by atomic mass is 9.96. The first kappa shape index (κ1) is 21.0. The summed E-state index contributed by atoms with van der Waals surface area (Å²) in [6, 6.07) is -0.387. The predicted molar refractivity (Wildman–Crippen MR) is 87.5 cm³/mol. The van der Waals surface area contributed by atoms with Gasteiger partial charge in [0.15, 0.2) is 5.82 Å². The lowest BCUT2D eigenvalue weighted by Crippen LogP contribution is -2.51. The molecule has 0 aromatic carbocycles. The minimum Gasteiger partial charge on any atom is -0.450 e. The molecule has 1 aromatic heterocycles. The highest BCUT2D eigenvalue weighted by molar-refractivity contribution is 5.77. The molecule has 8 nitrogen and oxygen atoms in total. The van der Waals surface area contributed by atoms with E-state index in [0.717, 1.165) is 10.8 Å². The SMILES string of the molecule is CCOC(=O)N1CCC(NC(=O)C[C@@](O)(c2nccn2C)C(F)(F)F)CC1. The van der Waals surface area contributed by atoms with Gasteiger partial charge in [-0.1, -0.05) is 0 Å². The molecule has 1 aliphatic heterocycles. The lowest BCUT2D eigenvalue weighted by molar-refractivity contribution is -0.271. The van der Waals surface area contributed by atoms with Crippen molar-refractivity contribution in [3.8, 4) is 0 Å². The Labute approximate surface area is 154 Å². The van der Waals surface area contributed by atoms with Crippen molar-refractivity contribution in [1.82, 2.24) is 19.8 Å². The Bertz CT molecular complexity index is 671. The van der Waals surface area contributed by atoms with Gasteiger partial charge in [-0.05, 0) is 19.8 Å². The fraction of sp³-hybridized carbons (Fsp3) is 0.688. The molecular weight excluding hydrogens is 369 g/mol. The number of nitrogens with one attached hydrogen (secondary N) is 1. The summed E-state index contributed by atoms with van der Waals surface area (Å²) in [5.74, 6) is -1.59. The number of nitrogens with zero attached hydrogens (tertiary/aromatic N) is 3. The number of rotatable bonds is 5. The van der Waals surface area contributed by atoms with Crippen LogP contribution < -0.4 is 5.32 Å². The van der Waals surface area contributed by atoms with Crippen LogP contribution in [0.3, 0.4) is 0 Å². The molecule has 1 fully saturated rings. The molecule has 2 rings (SSSR count). The molecule has 0 unspecified atom stereocenters. The third-order valence-electron chi connectivity index (χ3n) is 4.46. The molecule has 0 saturated carbocycles. The number of imidazole rings is 1. The fourth-order valence-corrected chi connectivity index (χ4v) is 3.00. The minimum atomic E-state index is -5.07. The largest absolute Gasteiger partial charge is 0.450 e. The molecule has 1 aliphatic rings. The Balaban J connectivity index is 1.98. The van der Waals surface area contributed by atoms with Gasteiger partial charge in [-0.2, -0.15) is 13.2 Å². The number of aliphatic hydroxyl groups is 1. The van der Waals surface area contributed by atoms with E-state index in [9.17, 15) is 27.9 Å². The Kier molecular flexibility index (Phi) is 6.34. The highest BCUT2D eigenvalue weighted by Crippen LogP contribution is 2.40. The number of halogens is 3. The van der Waals surface area contributed by atoms with E-state index < -0.39 is 36.0 Å². The molecule has 152 valence electrons. The fourth-order valence-electron chi connectivity index (χ4n) is 3.00. The molecule has 2 N–H and O–H groups in total. The zero-order valence-electron chi connectivity index (χ0n) is 15.1. The van der Waals surface area contributed by atoms with E-state index in [1.165, 1.54) is 18.1 Å². The van der Waals surface area contributed by atoms with Gasteiger partial charge >= 0.3 is 12.3 Å². The van der Waals surface area contributed by atoms with Crippen LogP contribution in [0.5, 0.6) is 0 Å². The van der Waals surface area contributed by atoms with Gasteiger partial charge < -0.3 is 24.6 Å². The highest BCUT2D eigenvalue weighted by Gasteiger charge is 2.58. The molecule has 11 heteroatoms. The van der Waals surface area contributed by atoms with Gasteiger partial charge in [0.25, 0.3) is 0 Å². The van der Waals surface area contributed by atoms with Gasteiger partial charge in [0.2, 0.25) is 11.5 Å². The Morgan fingerprint density at radius 2 is 2.00 bits per heavy atom. The van der Waals surface area contributed by atoms with Crippen molar-refractivity contribution in [3.05, 3.63) is 18.2 Å². The smallest absolute Gasteiger partial charge is 0.425 e. The molecule has 0 aliphatic carbocycles. The molecule has 1 aromatic rings. The van der Waals surface area contributed by atoms with Crippen molar-refractivity contribution in [2.45, 2.75) is 44.0 Å². The number of carbonyl (C=O) groups is 2. The molecule has 0 spiro atoms. The monoisotopic (exact) mass is 392 g/mol. The summed E-state index contributed by atoms with van der Waals surface area (Å²) >= 11 is 0. The zero-order valence-corrected chi connectivity index (χ0v) is 15.1. The summed E-state index contributed by atoms with van der Waals surface area (Å²) in [6.07, 6.45) is -3.57. The summed E-state index contributed by atoms with van der Waals surface area (Å²) in [4.78, 5) is 28.9. The van der Waals surface area contributed by atoms with Crippen molar-refractivity contribution in [1.29, 1.82) is 0 Å². The molecule has 0 radical (unpaired) electrons. The minimum absolute atomic E-state index is 0.249. The van der Waals surface area contributed by atoms with Gasteiger partial charge in [-0.25, -0.2) is 9.78 Å². The third-order valence-corrected chi connectivity index (χ3v) is 4.46. The van der Waals surface area contributed by atoms with Crippen LogP contribution in [0.4, 0.5) is 18.0 Å².